The number of non-ortho nitro benzene ring substituents is 1. The van der Waals surface area contributed by atoms with Gasteiger partial charge in [0.25, 0.3) is 5.69 Å². The number of nitrogens with zero attached hydrogens (tertiary/aromatic N) is 2. The molecule has 7 nitrogen and oxygen atoms in total. The van der Waals surface area contributed by atoms with Crippen LogP contribution in [-0.2, 0) is 6.61 Å². The maximum absolute atomic E-state index is 11.1. The summed E-state index contributed by atoms with van der Waals surface area (Å²) in [6.45, 7) is 3.97. The summed E-state index contributed by atoms with van der Waals surface area (Å²) in [6.07, 6.45) is 0.399. The van der Waals surface area contributed by atoms with E-state index in [2.05, 4.69) is 17.2 Å². The molecule has 1 aliphatic heterocycles. The maximum Gasteiger partial charge on any atom is 0.269 e. The summed E-state index contributed by atoms with van der Waals surface area (Å²) in [5.74, 6) is 2.04. The molecule has 3 aromatic rings. The molecule has 1 N–H and O–H groups in total. The minimum absolute atomic E-state index is 0.0441. The van der Waals surface area contributed by atoms with E-state index in [1.807, 2.05) is 54.6 Å². The fraction of sp³-hybridized carbons (Fsp3) is 0.269. The normalized spacial score (nSPS) is 14.6. The summed E-state index contributed by atoms with van der Waals surface area (Å²) in [7, 11) is 0. The third-order valence-corrected chi connectivity index (χ3v) is 5.65. The lowest BCUT2D eigenvalue weighted by Crippen LogP contribution is -2.40. The van der Waals surface area contributed by atoms with Crippen molar-refractivity contribution < 1.29 is 14.4 Å². The number of hydrogen-bond acceptors (Lipinski definition) is 6. The number of para-hydroxylation sites is 2. The second-order valence-corrected chi connectivity index (χ2v) is 7.82. The second-order valence-electron chi connectivity index (χ2n) is 7.82. The average Bonchev–Trinajstić information content (AvgIpc) is 3.39. The third-order valence-electron chi connectivity index (χ3n) is 5.65. The zero-order chi connectivity index (χ0) is 23.0. The SMILES string of the molecule is CCC(c1ccc([N+](=O)[O-])cc1)C(Oc1ccccc1OCc1ccccc1)C1=NCCN1. The summed E-state index contributed by atoms with van der Waals surface area (Å²) >= 11 is 0. The van der Waals surface area contributed by atoms with E-state index in [9.17, 15) is 10.1 Å². The van der Waals surface area contributed by atoms with Crippen LogP contribution in [0.5, 0.6) is 11.5 Å². The number of nitrogens with one attached hydrogen (secondary N) is 1. The Morgan fingerprint density at radius 1 is 1.00 bits per heavy atom. The molecule has 0 fully saturated rings. The van der Waals surface area contributed by atoms with Crippen molar-refractivity contribution in [3.63, 3.8) is 0 Å². The monoisotopic (exact) mass is 445 g/mol. The molecular weight excluding hydrogens is 418 g/mol. The van der Waals surface area contributed by atoms with Crippen LogP contribution in [0.1, 0.15) is 30.4 Å². The lowest BCUT2D eigenvalue weighted by atomic mass is 9.90. The molecule has 0 saturated heterocycles. The van der Waals surface area contributed by atoms with Crippen LogP contribution in [-0.4, -0.2) is 30.0 Å². The highest BCUT2D eigenvalue weighted by atomic mass is 16.6. The van der Waals surface area contributed by atoms with Gasteiger partial charge in [-0.05, 0) is 29.7 Å². The highest BCUT2D eigenvalue weighted by Gasteiger charge is 2.31. The van der Waals surface area contributed by atoms with Crippen LogP contribution in [0.25, 0.3) is 0 Å². The molecule has 2 unspecified atom stereocenters. The minimum atomic E-state index is -0.387. The van der Waals surface area contributed by atoms with Crippen LogP contribution in [0.15, 0.2) is 83.9 Å². The van der Waals surface area contributed by atoms with Crippen molar-refractivity contribution in [3.8, 4) is 11.5 Å². The maximum atomic E-state index is 11.1. The van der Waals surface area contributed by atoms with Gasteiger partial charge in [0.1, 0.15) is 12.4 Å². The molecule has 0 amide bonds. The Morgan fingerprint density at radius 2 is 1.70 bits per heavy atom. The predicted molar refractivity (Wildman–Crippen MR) is 128 cm³/mol. The first kappa shape index (κ1) is 22.3. The molecule has 1 heterocycles. The molecule has 170 valence electrons. The molecule has 3 aromatic carbocycles. The first-order valence-electron chi connectivity index (χ1n) is 11.1. The Kier molecular flexibility index (Phi) is 7.19. The van der Waals surface area contributed by atoms with Gasteiger partial charge < -0.3 is 14.8 Å². The summed E-state index contributed by atoms with van der Waals surface area (Å²) in [4.78, 5) is 15.3. The van der Waals surface area contributed by atoms with Gasteiger partial charge in [-0.25, -0.2) is 0 Å². The zero-order valence-electron chi connectivity index (χ0n) is 18.5. The van der Waals surface area contributed by atoms with Gasteiger partial charge in [0.2, 0.25) is 0 Å². The van der Waals surface area contributed by atoms with Crippen LogP contribution in [0.2, 0.25) is 0 Å². The van der Waals surface area contributed by atoms with Crippen molar-refractivity contribution in [1.29, 1.82) is 0 Å². The Balaban J connectivity index is 1.60. The number of hydrogen-bond donors (Lipinski definition) is 1. The molecule has 7 heteroatoms. The minimum Gasteiger partial charge on any atom is -0.485 e. The Bertz CT molecular complexity index is 1100. The quantitative estimate of drug-likeness (QED) is 0.346. The van der Waals surface area contributed by atoms with Crippen molar-refractivity contribution in [2.45, 2.75) is 32.0 Å². The number of rotatable bonds is 10. The van der Waals surface area contributed by atoms with E-state index in [1.165, 1.54) is 12.1 Å². The Hall–Kier alpha value is -3.87. The first-order chi connectivity index (χ1) is 16.2. The molecule has 0 spiro atoms. The van der Waals surface area contributed by atoms with E-state index in [0.717, 1.165) is 29.9 Å². The van der Waals surface area contributed by atoms with Crippen LogP contribution in [0.4, 0.5) is 5.69 Å². The van der Waals surface area contributed by atoms with Crippen molar-refractivity contribution >= 4 is 11.5 Å². The number of ether oxygens (including phenoxy) is 2. The van der Waals surface area contributed by atoms with Gasteiger partial charge in [0, 0.05) is 24.6 Å². The average molecular weight is 446 g/mol. The Labute approximate surface area is 193 Å². The highest BCUT2D eigenvalue weighted by Crippen LogP contribution is 2.34. The number of amidine groups is 1. The van der Waals surface area contributed by atoms with E-state index < -0.39 is 0 Å². The standard InChI is InChI=1S/C26H27N3O4/c1-2-22(20-12-14-21(15-13-20)29(30)31)25(26-27-16-17-28-26)33-24-11-7-6-10-23(24)32-18-19-8-4-3-5-9-19/h3-15,22,25H,2,16-18H2,1H3,(H,27,28). The number of aliphatic imine (C=N–C) groups is 1. The molecule has 4 rings (SSSR count). The van der Waals surface area contributed by atoms with Gasteiger partial charge in [0.05, 0.1) is 11.5 Å². The van der Waals surface area contributed by atoms with Gasteiger partial charge in [-0.2, -0.15) is 0 Å². The van der Waals surface area contributed by atoms with Gasteiger partial charge in [0.15, 0.2) is 17.6 Å². The fourth-order valence-corrected chi connectivity index (χ4v) is 3.94. The second kappa shape index (κ2) is 10.6. The summed E-state index contributed by atoms with van der Waals surface area (Å²) < 4.78 is 12.6. The molecule has 0 saturated carbocycles. The third kappa shape index (κ3) is 5.49. The number of nitro benzene ring substituents is 1. The van der Waals surface area contributed by atoms with Crippen LogP contribution < -0.4 is 14.8 Å². The van der Waals surface area contributed by atoms with Gasteiger partial charge in [-0.1, -0.05) is 61.5 Å². The van der Waals surface area contributed by atoms with Crippen LogP contribution >= 0.6 is 0 Å². The van der Waals surface area contributed by atoms with Crippen molar-refractivity contribution in [2.75, 3.05) is 13.1 Å². The zero-order valence-corrected chi connectivity index (χ0v) is 18.5. The van der Waals surface area contributed by atoms with Crippen molar-refractivity contribution in [2.24, 2.45) is 4.99 Å². The van der Waals surface area contributed by atoms with E-state index in [-0.39, 0.29) is 22.6 Å². The van der Waals surface area contributed by atoms with Gasteiger partial charge in [-0.3, -0.25) is 15.1 Å². The summed E-state index contributed by atoms with van der Waals surface area (Å²) in [5.41, 5.74) is 2.11. The molecule has 33 heavy (non-hydrogen) atoms. The van der Waals surface area contributed by atoms with Crippen molar-refractivity contribution in [1.82, 2.24) is 5.32 Å². The molecule has 2 atom stereocenters. The summed E-state index contributed by atoms with van der Waals surface area (Å²) in [5, 5.41) is 14.4. The topological polar surface area (TPSA) is 86.0 Å². The molecular formula is C26H27N3O4. The van der Waals surface area contributed by atoms with Gasteiger partial charge in [-0.15, -0.1) is 0 Å². The van der Waals surface area contributed by atoms with E-state index >= 15 is 0 Å². The predicted octanol–water partition coefficient (Wildman–Crippen LogP) is 5.12. The first-order valence-corrected chi connectivity index (χ1v) is 11.1. The fourth-order valence-electron chi connectivity index (χ4n) is 3.94. The lowest BCUT2D eigenvalue weighted by Gasteiger charge is -2.28. The molecule has 0 bridgehead atoms. The molecule has 0 aliphatic carbocycles. The molecule has 0 radical (unpaired) electrons. The lowest BCUT2D eigenvalue weighted by molar-refractivity contribution is -0.384. The van der Waals surface area contributed by atoms with Crippen LogP contribution in [0, 0.1) is 10.1 Å². The molecule has 1 aliphatic rings. The summed E-state index contributed by atoms with van der Waals surface area (Å²) in [6, 6.07) is 24.3. The van der Waals surface area contributed by atoms with Crippen molar-refractivity contribution in [3.05, 3.63) is 100 Å². The van der Waals surface area contributed by atoms with E-state index in [4.69, 9.17) is 9.47 Å². The number of benzene rings is 3. The van der Waals surface area contributed by atoms with Gasteiger partial charge >= 0.3 is 0 Å². The van der Waals surface area contributed by atoms with E-state index in [1.54, 1.807) is 12.1 Å². The van der Waals surface area contributed by atoms with Crippen LogP contribution in [0.3, 0.4) is 0 Å². The number of nitro groups is 1. The largest absolute Gasteiger partial charge is 0.485 e. The highest BCUT2D eigenvalue weighted by molar-refractivity contribution is 5.89. The van der Waals surface area contributed by atoms with E-state index in [0.29, 0.717) is 24.7 Å². The Morgan fingerprint density at radius 3 is 2.33 bits per heavy atom. The smallest absolute Gasteiger partial charge is 0.269 e. The molecule has 0 aromatic heterocycles.